The highest BCUT2D eigenvalue weighted by molar-refractivity contribution is 6.11. The monoisotopic (exact) mass is 538 g/mol. The number of fused-ring (bicyclic) bond motifs is 7. The van der Waals surface area contributed by atoms with E-state index in [1.54, 1.807) is 0 Å². The molecule has 0 unspecified atom stereocenters. The van der Waals surface area contributed by atoms with Crippen molar-refractivity contribution in [2.75, 3.05) is 0 Å². The minimum absolute atomic E-state index is 0.576. The minimum atomic E-state index is 0.576. The Morgan fingerprint density at radius 2 is 1.02 bits per heavy atom. The fourth-order valence-corrected chi connectivity index (χ4v) is 6.05. The minimum Gasteiger partial charge on any atom is -0.456 e. The Balaban J connectivity index is 1.30. The predicted octanol–water partition coefficient (Wildman–Crippen LogP) is 9.36. The lowest BCUT2D eigenvalue weighted by Gasteiger charge is -2.10. The van der Waals surface area contributed by atoms with Crippen LogP contribution in [0.1, 0.15) is 0 Å². The Labute approximate surface area is 240 Å². The summed E-state index contributed by atoms with van der Waals surface area (Å²) < 4.78 is 8.51. The Hall–Kier alpha value is -5.81. The molecule has 5 heteroatoms. The average molecular weight is 539 g/mol. The molecule has 0 saturated heterocycles. The molecule has 0 atom stereocenters. The van der Waals surface area contributed by atoms with Crippen molar-refractivity contribution in [3.05, 3.63) is 133 Å². The van der Waals surface area contributed by atoms with Crippen LogP contribution >= 0.6 is 0 Å². The van der Waals surface area contributed by atoms with Gasteiger partial charge in [-0.3, -0.25) is 4.57 Å². The van der Waals surface area contributed by atoms with Gasteiger partial charge in [-0.2, -0.15) is 9.97 Å². The summed E-state index contributed by atoms with van der Waals surface area (Å²) in [6.45, 7) is 0. The molecule has 0 spiro atoms. The topological polar surface area (TPSA) is 56.7 Å². The van der Waals surface area contributed by atoms with Crippen molar-refractivity contribution in [2.24, 2.45) is 0 Å². The van der Waals surface area contributed by atoms with Crippen LogP contribution in [0.15, 0.2) is 138 Å². The molecule has 0 saturated carbocycles. The van der Waals surface area contributed by atoms with E-state index in [4.69, 9.17) is 19.4 Å². The molecular formula is C37H22N4O. The number of nitrogens with zero attached hydrogens (tertiary/aromatic N) is 4. The Morgan fingerprint density at radius 1 is 0.429 bits per heavy atom. The van der Waals surface area contributed by atoms with Crippen LogP contribution in [0.25, 0.3) is 83.2 Å². The zero-order valence-electron chi connectivity index (χ0n) is 22.4. The highest BCUT2D eigenvalue weighted by Gasteiger charge is 2.18. The molecule has 0 aliphatic carbocycles. The van der Waals surface area contributed by atoms with E-state index in [1.807, 2.05) is 36.4 Å². The number of furan rings is 1. The number of para-hydroxylation sites is 2. The van der Waals surface area contributed by atoms with Crippen LogP contribution in [-0.2, 0) is 0 Å². The van der Waals surface area contributed by atoms with Gasteiger partial charge in [-0.25, -0.2) is 4.98 Å². The van der Waals surface area contributed by atoms with E-state index in [9.17, 15) is 0 Å². The van der Waals surface area contributed by atoms with Crippen LogP contribution in [0.3, 0.4) is 0 Å². The maximum atomic E-state index is 6.38. The van der Waals surface area contributed by atoms with Gasteiger partial charge in [0, 0.05) is 32.7 Å². The van der Waals surface area contributed by atoms with Gasteiger partial charge in [0.15, 0.2) is 11.6 Å². The summed E-state index contributed by atoms with van der Waals surface area (Å²) in [6.07, 6.45) is 0. The molecule has 3 aromatic heterocycles. The standard InChI is InChI=1S/C37H22N4O/c1-2-10-23(11-3-1)35-38-36(40-37(39-35)41-31-16-8-6-14-27(31)28-15-7-9-17-32(28)41)26-18-19-29-30-20-24-12-4-5-13-25(24)21-34(30)42-33(29)22-26/h1-22H. The van der Waals surface area contributed by atoms with Gasteiger partial charge >= 0.3 is 0 Å². The van der Waals surface area contributed by atoms with Gasteiger partial charge in [-0.15, -0.1) is 0 Å². The number of rotatable bonds is 3. The molecule has 0 aliphatic heterocycles. The van der Waals surface area contributed by atoms with Gasteiger partial charge < -0.3 is 4.42 Å². The van der Waals surface area contributed by atoms with E-state index in [2.05, 4.69) is 102 Å². The maximum Gasteiger partial charge on any atom is 0.238 e. The molecule has 0 radical (unpaired) electrons. The van der Waals surface area contributed by atoms with Crippen LogP contribution in [0.2, 0.25) is 0 Å². The molecule has 5 nitrogen and oxygen atoms in total. The van der Waals surface area contributed by atoms with Crippen LogP contribution in [0.4, 0.5) is 0 Å². The van der Waals surface area contributed by atoms with Crippen LogP contribution < -0.4 is 0 Å². The molecule has 0 bridgehead atoms. The predicted molar refractivity (Wildman–Crippen MR) is 170 cm³/mol. The van der Waals surface area contributed by atoms with Gasteiger partial charge in [0.25, 0.3) is 0 Å². The number of hydrogen-bond acceptors (Lipinski definition) is 4. The summed E-state index contributed by atoms with van der Waals surface area (Å²) in [6, 6.07) is 45.7. The van der Waals surface area contributed by atoms with Crippen molar-refractivity contribution in [1.82, 2.24) is 19.5 Å². The van der Waals surface area contributed by atoms with Crippen molar-refractivity contribution in [3.63, 3.8) is 0 Å². The second kappa shape index (κ2) is 8.85. The fourth-order valence-electron chi connectivity index (χ4n) is 6.05. The molecule has 9 rings (SSSR count). The molecule has 0 N–H and O–H groups in total. The van der Waals surface area contributed by atoms with Gasteiger partial charge in [0.05, 0.1) is 11.0 Å². The van der Waals surface area contributed by atoms with Crippen molar-refractivity contribution < 1.29 is 4.42 Å². The Kier molecular flexibility index (Phi) is 4.83. The molecule has 3 heterocycles. The van der Waals surface area contributed by atoms with E-state index in [1.165, 1.54) is 5.39 Å². The SMILES string of the molecule is c1ccc(-c2nc(-c3ccc4c(c3)oc3cc5ccccc5cc34)nc(-n3c4ccccc4c4ccccc43)n2)cc1. The van der Waals surface area contributed by atoms with Gasteiger partial charge in [0.2, 0.25) is 5.95 Å². The molecule has 0 aliphatic rings. The molecule has 196 valence electrons. The second-order valence-electron chi connectivity index (χ2n) is 10.5. The quantitative estimate of drug-likeness (QED) is 0.225. The number of benzene rings is 6. The van der Waals surface area contributed by atoms with E-state index in [0.29, 0.717) is 17.6 Å². The zero-order valence-corrected chi connectivity index (χ0v) is 22.4. The maximum absolute atomic E-state index is 6.38. The molecule has 9 aromatic rings. The summed E-state index contributed by atoms with van der Waals surface area (Å²) >= 11 is 0. The van der Waals surface area contributed by atoms with Gasteiger partial charge in [-0.1, -0.05) is 97.1 Å². The number of aromatic nitrogens is 4. The lowest BCUT2D eigenvalue weighted by atomic mass is 10.1. The first-order chi connectivity index (χ1) is 20.8. The summed E-state index contributed by atoms with van der Waals surface area (Å²) in [7, 11) is 0. The first-order valence-corrected chi connectivity index (χ1v) is 14.0. The lowest BCUT2D eigenvalue weighted by Crippen LogP contribution is -2.06. The molecule has 0 fully saturated rings. The average Bonchev–Trinajstić information content (AvgIpc) is 3.58. The second-order valence-corrected chi connectivity index (χ2v) is 10.5. The van der Waals surface area contributed by atoms with E-state index >= 15 is 0 Å². The van der Waals surface area contributed by atoms with Crippen LogP contribution in [0.5, 0.6) is 0 Å². The van der Waals surface area contributed by atoms with Gasteiger partial charge in [-0.05, 0) is 47.2 Å². The van der Waals surface area contributed by atoms with Crippen molar-refractivity contribution in [2.45, 2.75) is 0 Å². The van der Waals surface area contributed by atoms with Gasteiger partial charge in [0.1, 0.15) is 11.2 Å². The third-order valence-corrected chi connectivity index (χ3v) is 8.03. The van der Waals surface area contributed by atoms with Crippen LogP contribution in [-0.4, -0.2) is 19.5 Å². The number of hydrogen-bond donors (Lipinski definition) is 0. The highest BCUT2D eigenvalue weighted by atomic mass is 16.3. The summed E-state index contributed by atoms with van der Waals surface area (Å²) in [5.41, 5.74) is 5.57. The zero-order chi connectivity index (χ0) is 27.6. The third-order valence-electron chi connectivity index (χ3n) is 8.03. The third kappa shape index (κ3) is 3.47. The summed E-state index contributed by atoms with van der Waals surface area (Å²) in [4.78, 5) is 15.1. The normalized spacial score (nSPS) is 11.8. The Morgan fingerprint density at radius 3 is 1.76 bits per heavy atom. The van der Waals surface area contributed by atoms with Crippen molar-refractivity contribution in [1.29, 1.82) is 0 Å². The highest BCUT2D eigenvalue weighted by Crippen LogP contribution is 2.35. The van der Waals surface area contributed by atoms with Crippen molar-refractivity contribution >= 4 is 54.5 Å². The van der Waals surface area contributed by atoms with E-state index in [-0.39, 0.29) is 0 Å². The largest absolute Gasteiger partial charge is 0.456 e. The smallest absolute Gasteiger partial charge is 0.238 e. The summed E-state index contributed by atoms with van der Waals surface area (Å²) in [5.74, 6) is 1.79. The van der Waals surface area contributed by atoms with Crippen molar-refractivity contribution in [3.8, 4) is 28.7 Å². The fraction of sp³-hybridized carbons (Fsp3) is 0. The molecule has 0 amide bonds. The van der Waals surface area contributed by atoms with Crippen LogP contribution in [0, 0.1) is 0 Å². The lowest BCUT2D eigenvalue weighted by molar-refractivity contribution is 0.669. The summed E-state index contributed by atoms with van der Waals surface area (Å²) in [5, 5.41) is 6.84. The first-order valence-electron chi connectivity index (χ1n) is 14.0. The van der Waals surface area contributed by atoms with E-state index < -0.39 is 0 Å². The molecule has 6 aromatic carbocycles. The Bertz CT molecular complexity index is 2420. The first kappa shape index (κ1) is 22.9. The molecule has 42 heavy (non-hydrogen) atoms. The molecular weight excluding hydrogens is 516 g/mol. The van der Waals surface area contributed by atoms with E-state index in [0.717, 1.165) is 60.3 Å².